The summed E-state index contributed by atoms with van der Waals surface area (Å²) in [7, 11) is 3.34. The topological polar surface area (TPSA) is 144 Å². The Morgan fingerprint density at radius 3 is 2.15 bits per heavy atom. The predicted octanol–water partition coefficient (Wildman–Crippen LogP) is 2.45. The molecule has 2 rings (SSSR count). The summed E-state index contributed by atoms with van der Waals surface area (Å²) in [4.78, 5) is 27.0. The van der Waals surface area contributed by atoms with Crippen LogP contribution in [0.3, 0.4) is 0 Å². The Morgan fingerprint density at radius 2 is 1.62 bits per heavy atom. The van der Waals surface area contributed by atoms with Gasteiger partial charge in [-0.05, 0) is 58.9 Å². The molecule has 2 saturated heterocycles. The normalized spacial score (nSPS) is 48.4. The Hall–Kier alpha value is -1.14. The summed E-state index contributed by atoms with van der Waals surface area (Å²) in [5.41, 5.74) is -2.86. The first kappa shape index (κ1) is 35.1. The van der Waals surface area contributed by atoms with Crippen LogP contribution in [-0.4, -0.2) is 95.3 Å². The maximum Gasteiger partial charge on any atom is 0.309 e. The van der Waals surface area contributed by atoms with Crippen LogP contribution in [0.4, 0.5) is 0 Å². The highest BCUT2D eigenvalue weighted by Gasteiger charge is 2.51. The second-order valence-corrected chi connectivity index (χ2v) is 12.8. The lowest BCUT2D eigenvalue weighted by Crippen LogP contribution is -2.59. The Labute approximate surface area is 240 Å². The van der Waals surface area contributed by atoms with E-state index < -0.39 is 65.6 Å². The van der Waals surface area contributed by atoms with Gasteiger partial charge in [-0.3, -0.25) is 9.59 Å². The molecule has 0 amide bonds. The number of ether oxygens (including phenoxy) is 4. The molecular formula is C30H55NO9. The third-order valence-electron chi connectivity index (χ3n) is 9.83. The smallest absolute Gasteiger partial charge is 0.309 e. The number of Topliss-reactive ketones (excluding diaryl/α,β-unsaturated/α-hetero) is 1. The van der Waals surface area contributed by atoms with Crippen molar-refractivity contribution < 1.29 is 43.9 Å². The van der Waals surface area contributed by atoms with Crippen molar-refractivity contribution in [3.05, 3.63) is 0 Å². The number of cyclic esters (lactones) is 1. The zero-order valence-corrected chi connectivity index (χ0v) is 26.3. The number of aliphatic hydroxyl groups excluding tert-OH is 2. The molecule has 10 heteroatoms. The van der Waals surface area contributed by atoms with E-state index in [0.717, 1.165) is 0 Å². The summed E-state index contributed by atoms with van der Waals surface area (Å²) in [6.45, 7) is 16.0. The Balaban J connectivity index is 2.59. The molecule has 0 spiro atoms. The van der Waals surface area contributed by atoms with Crippen LogP contribution in [0.15, 0.2) is 0 Å². The number of carbonyl (C=O) groups excluding carboxylic acids is 2. The summed E-state index contributed by atoms with van der Waals surface area (Å²) >= 11 is 0. The summed E-state index contributed by atoms with van der Waals surface area (Å²) in [6.07, 6.45) is -4.09. The third kappa shape index (κ3) is 7.25. The molecule has 10 nitrogen and oxygen atoms in total. The van der Waals surface area contributed by atoms with Crippen molar-refractivity contribution in [1.29, 1.82) is 0 Å². The maximum atomic E-state index is 13.6. The fourth-order valence-corrected chi connectivity index (χ4v) is 6.56. The number of ketones is 1. The molecule has 0 aromatic heterocycles. The highest BCUT2D eigenvalue weighted by Crippen LogP contribution is 2.40. The van der Waals surface area contributed by atoms with Crippen LogP contribution in [0.1, 0.15) is 81.6 Å². The molecule has 0 aromatic carbocycles. The summed E-state index contributed by atoms with van der Waals surface area (Å²) < 4.78 is 24.5. The van der Waals surface area contributed by atoms with E-state index in [9.17, 15) is 24.9 Å². The van der Waals surface area contributed by atoms with Crippen molar-refractivity contribution in [1.82, 2.24) is 5.32 Å². The summed E-state index contributed by atoms with van der Waals surface area (Å²) in [6, 6.07) is -0.232. The van der Waals surface area contributed by atoms with E-state index in [1.807, 2.05) is 27.7 Å². The van der Waals surface area contributed by atoms with E-state index >= 15 is 0 Å². The highest BCUT2D eigenvalue weighted by atomic mass is 16.7. The molecule has 2 fully saturated rings. The molecule has 14 atom stereocenters. The number of likely N-dealkylation sites (N-methyl/N-ethyl adjacent to an activating group) is 1. The van der Waals surface area contributed by atoms with Gasteiger partial charge in [0, 0.05) is 25.0 Å². The number of esters is 1. The zero-order chi connectivity index (χ0) is 30.7. The molecular weight excluding hydrogens is 518 g/mol. The van der Waals surface area contributed by atoms with Gasteiger partial charge >= 0.3 is 5.97 Å². The van der Waals surface area contributed by atoms with Gasteiger partial charge in [0.25, 0.3) is 0 Å². The lowest BCUT2D eigenvalue weighted by molar-refractivity contribution is -0.294. The molecule has 0 saturated carbocycles. The van der Waals surface area contributed by atoms with Gasteiger partial charge in [-0.1, -0.05) is 41.5 Å². The minimum atomic E-state index is -1.83. The quantitative estimate of drug-likeness (QED) is 0.362. The predicted molar refractivity (Wildman–Crippen MR) is 150 cm³/mol. The second-order valence-electron chi connectivity index (χ2n) is 12.8. The van der Waals surface area contributed by atoms with Gasteiger partial charge in [0.15, 0.2) is 6.29 Å². The lowest BCUT2D eigenvalue weighted by Gasteiger charge is -2.47. The molecule has 4 N–H and O–H groups in total. The molecule has 0 radical (unpaired) electrons. The van der Waals surface area contributed by atoms with Gasteiger partial charge < -0.3 is 39.6 Å². The molecule has 2 aliphatic rings. The molecule has 0 bridgehead atoms. The molecule has 2 aliphatic heterocycles. The Morgan fingerprint density at radius 1 is 1.02 bits per heavy atom. The van der Waals surface area contributed by atoms with Crippen molar-refractivity contribution in [2.24, 2.45) is 29.6 Å². The van der Waals surface area contributed by atoms with Gasteiger partial charge in [0.1, 0.15) is 23.6 Å². The lowest BCUT2D eigenvalue weighted by atomic mass is 9.72. The minimum Gasteiger partial charge on any atom is -0.459 e. The monoisotopic (exact) mass is 573 g/mol. The minimum absolute atomic E-state index is 0.165. The van der Waals surface area contributed by atoms with E-state index in [-0.39, 0.29) is 42.6 Å². The van der Waals surface area contributed by atoms with Gasteiger partial charge in [-0.2, -0.15) is 0 Å². The molecule has 40 heavy (non-hydrogen) atoms. The Bertz CT molecular complexity index is 853. The van der Waals surface area contributed by atoms with Crippen LogP contribution >= 0.6 is 0 Å². The van der Waals surface area contributed by atoms with Crippen LogP contribution in [0.25, 0.3) is 0 Å². The largest absolute Gasteiger partial charge is 0.459 e. The highest BCUT2D eigenvalue weighted by molar-refractivity contribution is 5.83. The fourth-order valence-electron chi connectivity index (χ4n) is 6.56. The number of rotatable bonds is 5. The van der Waals surface area contributed by atoms with E-state index in [1.165, 1.54) is 6.92 Å². The fraction of sp³-hybridized carbons (Fsp3) is 0.933. The standard InChI is InChI=1S/C30H55NO9/c1-12-22-30(9,36)25(34)20(7)23(32)15(2)14-29(8,37-11)26(18(5)17(4)19(6)27(35)39-22)40-28-24(33)21(31-10)13-16(3)38-28/h15-22,24-26,28,31,33-34,36H,12-14H2,1-11H3/t15-,16-,17+,18+,19-,20+,21+,22-,24-,25-,26-,28?,29+,30-/m1/s1. The number of methoxy groups -OCH3 is 1. The van der Waals surface area contributed by atoms with Crippen LogP contribution in [0, 0.1) is 29.6 Å². The van der Waals surface area contributed by atoms with Crippen molar-refractivity contribution >= 4 is 11.8 Å². The first-order valence-corrected chi connectivity index (χ1v) is 14.8. The van der Waals surface area contributed by atoms with Crippen LogP contribution in [0.2, 0.25) is 0 Å². The molecule has 0 aromatic rings. The average molecular weight is 574 g/mol. The number of hydrogen-bond acceptors (Lipinski definition) is 10. The number of aliphatic hydroxyl groups is 3. The number of hydrogen-bond donors (Lipinski definition) is 4. The van der Waals surface area contributed by atoms with Crippen molar-refractivity contribution in [3.63, 3.8) is 0 Å². The number of nitrogens with one attached hydrogen (secondary N) is 1. The van der Waals surface area contributed by atoms with Crippen molar-refractivity contribution in [2.75, 3.05) is 14.2 Å². The molecule has 0 aliphatic carbocycles. The van der Waals surface area contributed by atoms with E-state index in [0.29, 0.717) is 6.42 Å². The average Bonchev–Trinajstić information content (AvgIpc) is 2.92. The van der Waals surface area contributed by atoms with Crippen LogP contribution < -0.4 is 5.32 Å². The zero-order valence-electron chi connectivity index (χ0n) is 26.3. The second kappa shape index (κ2) is 13.9. The summed E-state index contributed by atoms with van der Waals surface area (Å²) in [5.74, 6) is -3.45. The van der Waals surface area contributed by atoms with E-state index in [1.54, 1.807) is 41.9 Å². The first-order chi connectivity index (χ1) is 18.5. The van der Waals surface area contributed by atoms with E-state index in [4.69, 9.17) is 18.9 Å². The summed E-state index contributed by atoms with van der Waals surface area (Å²) in [5, 5.41) is 36.7. The SMILES string of the molecule is CC[C@H]1OC(=O)[C@H](C)[C@@H](C)[C@H](C)[C@@H](OC2O[C@H](C)C[C@H](NC)[C@H]2O)[C@@](C)(OC)C[C@@H](C)C(=O)[C@H](C)[C@@H](O)[C@]1(C)O. The molecule has 1 unspecified atom stereocenters. The van der Waals surface area contributed by atoms with Crippen molar-refractivity contribution in [2.45, 2.75) is 136 Å². The van der Waals surface area contributed by atoms with E-state index in [2.05, 4.69) is 5.32 Å². The van der Waals surface area contributed by atoms with Gasteiger partial charge in [-0.25, -0.2) is 0 Å². The van der Waals surface area contributed by atoms with Crippen molar-refractivity contribution in [3.8, 4) is 0 Å². The maximum absolute atomic E-state index is 13.6. The van der Waals surface area contributed by atoms with Crippen LogP contribution in [0.5, 0.6) is 0 Å². The Kier molecular flexibility index (Phi) is 12.2. The van der Waals surface area contributed by atoms with Gasteiger partial charge in [-0.15, -0.1) is 0 Å². The molecule has 2 heterocycles. The molecule has 234 valence electrons. The number of carbonyl (C=O) groups is 2. The first-order valence-electron chi connectivity index (χ1n) is 14.8. The van der Waals surface area contributed by atoms with Gasteiger partial charge in [0.2, 0.25) is 0 Å². The van der Waals surface area contributed by atoms with Gasteiger partial charge in [0.05, 0.1) is 29.8 Å². The third-order valence-corrected chi connectivity index (χ3v) is 9.83. The van der Waals surface area contributed by atoms with Crippen LogP contribution in [-0.2, 0) is 28.5 Å².